The minimum absolute atomic E-state index is 0.0405. The van der Waals surface area contributed by atoms with Crippen LogP contribution in [0.4, 0.5) is 0 Å². The first-order valence-corrected chi connectivity index (χ1v) is 8.50. The quantitative estimate of drug-likeness (QED) is 0.716. The summed E-state index contributed by atoms with van der Waals surface area (Å²) < 4.78 is 12.8. The van der Waals surface area contributed by atoms with Crippen LogP contribution in [0.3, 0.4) is 0 Å². The summed E-state index contributed by atoms with van der Waals surface area (Å²) in [5.74, 6) is 2.67. The lowest BCUT2D eigenvalue weighted by molar-refractivity contribution is -0.226. The molecule has 1 aliphatic heterocycles. The van der Waals surface area contributed by atoms with Crippen molar-refractivity contribution in [2.75, 3.05) is 0 Å². The van der Waals surface area contributed by atoms with Crippen molar-refractivity contribution < 1.29 is 9.31 Å². The third-order valence-electron chi connectivity index (χ3n) is 7.52. The highest BCUT2D eigenvalue weighted by molar-refractivity contribution is 6.51. The highest BCUT2D eigenvalue weighted by Gasteiger charge is 2.84. The van der Waals surface area contributed by atoms with Gasteiger partial charge in [0.1, 0.15) is 0 Å². The van der Waals surface area contributed by atoms with Crippen molar-refractivity contribution in [1.29, 1.82) is 0 Å². The van der Waals surface area contributed by atoms with Crippen LogP contribution in [0.2, 0.25) is 5.31 Å². The minimum Gasteiger partial charge on any atom is -0.403 e. The summed E-state index contributed by atoms with van der Waals surface area (Å²) in [6.45, 7) is 13.6. The average molecular weight is 276 g/mol. The number of rotatable bonds is 3. The Labute approximate surface area is 124 Å². The molecule has 0 N–H and O–H groups in total. The zero-order chi connectivity index (χ0) is 14.6. The summed E-state index contributed by atoms with van der Waals surface area (Å²) in [7, 11) is 0.0405. The predicted molar refractivity (Wildman–Crippen MR) is 81.5 cm³/mol. The van der Waals surface area contributed by atoms with Gasteiger partial charge in [0, 0.05) is 5.31 Å². The van der Waals surface area contributed by atoms with Crippen LogP contribution in [0.1, 0.15) is 67.2 Å². The lowest BCUT2D eigenvalue weighted by Crippen LogP contribution is -2.73. The summed E-state index contributed by atoms with van der Waals surface area (Å²) in [6.07, 6.45) is 5.58. The number of hydrogen-bond donors (Lipinski definition) is 0. The maximum Gasteiger partial charge on any atom is 0.464 e. The Bertz CT molecular complexity index is 428. The zero-order valence-electron chi connectivity index (χ0n) is 14.0. The molecule has 2 bridgehead atoms. The van der Waals surface area contributed by atoms with Crippen LogP contribution in [0.15, 0.2) is 0 Å². The van der Waals surface area contributed by atoms with Gasteiger partial charge >= 0.3 is 7.12 Å². The van der Waals surface area contributed by atoms with Crippen molar-refractivity contribution in [3.05, 3.63) is 0 Å². The van der Waals surface area contributed by atoms with E-state index in [0.717, 1.165) is 17.8 Å². The van der Waals surface area contributed by atoms with Crippen LogP contribution in [0, 0.1) is 23.2 Å². The summed E-state index contributed by atoms with van der Waals surface area (Å²) in [6, 6.07) is 0. The molecule has 0 aromatic heterocycles. The van der Waals surface area contributed by atoms with Gasteiger partial charge in [0.2, 0.25) is 0 Å². The average Bonchev–Trinajstić information content (AvgIpc) is 2.91. The van der Waals surface area contributed by atoms with Crippen LogP contribution in [-0.4, -0.2) is 18.3 Å². The molecule has 0 unspecified atom stereocenters. The summed E-state index contributed by atoms with van der Waals surface area (Å²) >= 11 is 0. The molecule has 0 aromatic rings. The van der Waals surface area contributed by atoms with Crippen LogP contribution in [0.25, 0.3) is 0 Å². The van der Waals surface area contributed by atoms with Gasteiger partial charge in [0.25, 0.3) is 0 Å². The highest BCUT2D eigenvalue weighted by Crippen LogP contribution is 2.89. The number of hydrogen-bond acceptors (Lipinski definition) is 2. The monoisotopic (exact) mass is 276 g/mol. The molecule has 20 heavy (non-hydrogen) atoms. The Morgan fingerprint density at radius 2 is 1.45 bits per heavy atom. The fourth-order valence-corrected chi connectivity index (χ4v) is 5.45. The van der Waals surface area contributed by atoms with Crippen molar-refractivity contribution in [1.82, 2.24) is 0 Å². The SMILES string of the molecule is CC(C)C12CC(B3OC(C)(C)C(C)(C)O3)(C1)[C@H]2C1CC1. The van der Waals surface area contributed by atoms with Crippen LogP contribution in [-0.2, 0) is 9.31 Å². The molecule has 0 spiro atoms. The van der Waals surface area contributed by atoms with E-state index in [2.05, 4.69) is 41.5 Å². The highest BCUT2D eigenvalue weighted by atomic mass is 16.7. The van der Waals surface area contributed by atoms with Gasteiger partial charge in [-0.2, -0.15) is 0 Å². The van der Waals surface area contributed by atoms with E-state index in [9.17, 15) is 0 Å². The van der Waals surface area contributed by atoms with E-state index in [1.807, 2.05) is 0 Å². The standard InChI is InChI=1S/C17H29BO2/c1-11(2)16-9-17(10-16,13(16)12-7-8-12)18-19-14(3,4)15(5,6)20-18/h11-13H,7-10H2,1-6H3/t13-,16?,17?/m0/s1. The van der Waals surface area contributed by atoms with Crippen LogP contribution in [0.5, 0.6) is 0 Å². The van der Waals surface area contributed by atoms with E-state index < -0.39 is 0 Å². The van der Waals surface area contributed by atoms with E-state index in [4.69, 9.17) is 9.31 Å². The van der Waals surface area contributed by atoms with Crippen molar-refractivity contribution in [2.24, 2.45) is 23.2 Å². The fourth-order valence-electron chi connectivity index (χ4n) is 5.45. The molecule has 3 heteroatoms. The normalized spacial score (nSPS) is 48.1. The van der Waals surface area contributed by atoms with E-state index in [-0.39, 0.29) is 18.3 Å². The van der Waals surface area contributed by atoms with Gasteiger partial charge in [-0.1, -0.05) is 13.8 Å². The summed E-state index contributed by atoms with van der Waals surface area (Å²) in [5.41, 5.74) is 0.281. The summed E-state index contributed by atoms with van der Waals surface area (Å²) in [4.78, 5) is 0. The fraction of sp³-hybridized carbons (Fsp3) is 1.00. The first-order chi connectivity index (χ1) is 9.15. The lowest BCUT2D eigenvalue weighted by atomic mass is 9.17. The first kappa shape index (κ1) is 13.6. The third kappa shape index (κ3) is 1.35. The molecule has 0 amide bonds. The van der Waals surface area contributed by atoms with Crippen molar-refractivity contribution in [2.45, 2.75) is 83.7 Å². The van der Waals surface area contributed by atoms with Crippen molar-refractivity contribution >= 4 is 7.12 Å². The van der Waals surface area contributed by atoms with Crippen molar-refractivity contribution in [3.8, 4) is 0 Å². The minimum atomic E-state index is -0.174. The van der Waals surface area contributed by atoms with Gasteiger partial charge in [-0.05, 0) is 76.5 Å². The largest absolute Gasteiger partial charge is 0.464 e. The Kier molecular flexibility index (Phi) is 2.37. The molecule has 5 rings (SSSR count). The first-order valence-electron chi connectivity index (χ1n) is 8.50. The lowest BCUT2D eigenvalue weighted by Gasteiger charge is -2.79. The topological polar surface area (TPSA) is 18.5 Å². The van der Waals surface area contributed by atoms with Gasteiger partial charge in [-0.15, -0.1) is 0 Å². The molecule has 1 atom stereocenters. The molecule has 112 valence electrons. The van der Waals surface area contributed by atoms with E-state index in [1.165, 1.54) is 25.7 Å². The van der Waals surface area contributed by atoms with E-state index >= 15 is 0 Å². The summed E-state index contributed by atoms with van der Waals surface area (Å²) in [5, 5.41) is 0.358. The van der Waals surface area contributed by atoms with Gasteiger partial charge in [-0.25, -0.2) is 0 Å². The molecular formula is C17H29BO2. The van der Waals surface area contributed by atoms with Gasteiger partial charge < -0.3 is 9.31 Å². The third-order valence-corrected chi connectivity index (χ3v) is 7.52. The Balaban J connectivity index is 1.59. The second-order valence-corrected chi connectivity index (χ2v) is 9.38. The molecule has 4 saturated carbocycles. The Morgan fingerprint density at radius 3 is 1.85 bits per heavy atom. The maximum absolute atomic E-state index is 6.42. The van der Waals surface area contributed by atoms with Crippen LogP contribution < -0.4 is 0 Å². The van der Waals surface area contributed by atoms with Gasteiger partial charge in [0.15, 0.2) is 0 Å². The second kappa shape index (κ2) is 3.48. The van der Waals surface area contributed by atoms with E-state index in [1.54, 1.807) is 0 Å². The predicted octanol–water partition coefficient (Wildman–Crippen LogP) is 4.30. The molecular weight excluding hydrogens is 247 g/mol. The van der Waals surface area contributed by atoms with Crippen LogP contribution >= 0.6 is 0 Å². The molecule has 2 nitrogen and oxygen atoms in total. The van der Waals surface area contributed by atoms with E-state index in [0.29, 0.717) is 10.7 Å². The molecule has 1 heterocycles. The smallest absolute Gasteiger partial charge is 0.403 e. The Hall–Kier alpha value is -0.0151. The van der Waals surface area contributed by atoms with Gasteiger partial charge in [-0.3, -0.25) is 0 Å². The van der Waals surface area contributed by atoms with Crippen molar-refractivity contribution in [3.63, 3.8) is 0 Å². The second-order valence-electron chi connectivity index (χ2n) is 9.38. The van der Waals surface area contributed by atoms with Gasteiger partial charge in [0.05, 0.1) is 11.2 Å². The molecule has 0 radical (unpaired) electrons. The maximum atomic E-state index is 6.42. The zero-order valence-corrected chi connectivity index (χ0v) is 14.0. The molecule has 1 saturated heterocycles. The molecule has 0 aromatic carbocycles. The molecule has 5 aliphatic rings. The molecule has 5 fully saturated rings. The molecule has 4 aliphatic carbocycles. The Morgan fingerprint density at radius 1 is 0.950 bits per heavy atom.